The highest BCUT2D eigenvalue weighted by molar-refractivity contribution is 5.74. The molecular weight excluding hydrogens is 188 g/mol. The van der Waals surface area contributed by atoms with E-state index in [1.54, 1.807) is 14.0 Å². The highest BCUT2D eigenvalue weighted by Gasteiger charge is 2.12. The van der Waals surface area contributed by atoms with Crippen LogP contribution in [-0.4, -0.2) is 52.7 Å². The average molecular weight is 206 g/mol. The normalized spacial score (nSPS) is 12.5. The van der Waals surface area contributed by atoms with Gasteiger partial charge in [-0.15, -0.1) is 0 Å². The Labute approximate surface area is 84.3 Å². The molecule has 1 atom stereocenters. The number of hydrogen-bond acceptors (Lipinski definition) is 5. The molecule has 0 amide bonds. The van der Waals surface area contributed by atoms with Crippen LogP contribution in [-0.2, 0) is 23.7 Å². The SMILES string of the molecule is COCCOCCOC(=O)C(C)OC. The van der Waals surface area contributed by atoms with Crippen molar-refractivity contribution in [3.8, 4) is 0 Å². The minimum absolute atomic E-state index is 0.246. The van der Waals surface area contributed by atoms with Gasteiger partial charge in [-0.3, -0.25) is 0 Å². The Morgan fingerprint density at radius 3 is 2.36 bits per heavy atom. The predicted molar refractivity (Wildman–Crippen MR) is 50.1 cm³/mol. The molecule has 5 heteroatoms. The lowest BCUT2D eigenvalue weighted by Gasteiger charge is -2.09. The van der Waals surface area contributed by atoms with Gasteiger partial charge in [-0.25, -0.2) is 4.79 Å². The van der Waals surface area contributed by atoms with Crippen molar-refractivity contribution in [1.29, 1.82) is 0 Å². The molecule has 0 N–H and O–H groups in total. The van der Waals surface area contributed by atoms with Gasteiger partial charge in [0.2, 0.25) is 0 Å². The Kier molecular flexibility index (Phi) is 8.51. The van der Waals surface area contributed by atoms with Crippen LogP contribution in [0.15, 0.2) is 0 Å². The van der Waals surface area contributed by atoms with Gasteiger partial charge in [0, 0.05) is 14.2 Å². The van der Waals surface area contributed by atoms with Crippen LogP contribution in [0.2, 0.25) is 0 Å². The highest BCUT2D eigenvalue weighted by atomic mass is 16.6. The second-order valence-electron chi connectivity index (χ2n) is 2.65. The van der Waals surface area contributed by atoms with E-state index in [1.807, 2.05) is 0 Å². The third-order valence-corrected chi connectivity index (χ3v) is 1.59. The molecular formula is C9H18O5. The third kappa shape index (κ3) is 6.82. The molecule has 0 heterocycles. The fourth-order valence-corrected chi connectivity index (χ4v) is 0.659. The third-order valence-electron chi connectivity index (χ3n) is 1.59. The maximum atomic E-state index is 11.0. The van der Waals surface area contributed by atoms with E-state index < -0.39 is 6.10 Å². The summed E-state index contributed by atoms with van der Waals surface area (Å²) in [7, 11) is 3.06. The zero-order valence-corrected chi connectivity index (χ0v) is 8.95. The van der Waals surface area contributed by atoms with Gasteiger partial charge in [-0.1, -0.05) is 0 Å². The van der Waals surface area contributed by atoms with Crippen molar-refractivity contribution in [2.24, 2.45) is 0 Å². The first-order chi connectivity index (χ1) is 6.72. The summed E-state index contributed by atoms with van der Waals surface area (Å²) in [6.07, 6.45) is -0.519. The van der Waals surface area contributed by atoms with Gasteiger partial charge in [0.1, 0.15) is 6.61 Å². The molecule has 0 aliphatic carbocycles. The van der Waals surface area contributed by atoms with E-state index in [4.69, 9.17) is 18.9 Å². The summed E-state index contributed by atoms with van der Waals surface area (Å²) in [6.45, 7) is 3.31. The number of esters is 1. The molecule has 0 aliphatic rings. The Morgan fingerprint density at radius 1 is 1.14 bits per heavy atom. The number of hydrogen-bond donors (Lipinski definition) is 0. The molecule has 0 bridgehead atoms. The Hall–Kier alpha value is -0.650. The van der Waals surface area contributed by atoms with E-state index in [1.165, 1.54) is 7.11 Å². The van der Waals surface area contributed by atoms with Gasteiger partial charge in [0.25, 0.3) is 0 Å². The Morgan fingerprint density at radius 2 is 1.79 bits per heavy atom. The van der Waals surface area contributed by atoms with Gasteiger partial charge in [-0.2, -0.15) is 0 Å². The van der Waals surface area contributed by atoms with Crippen molar-refractivity contribution >= 4 is 5.97 Å². The summed E-state index contributed by atoms with van der Waals surface area (Å²) in [6, 6.07) is 0. The Balaban J connectivity index is 3.23. The largest absolute Gasteiger partial charge is 0.461 e. The maximum Gasteiger partial charge on any atom is 0.335 e. The van der Waals surface area contributed by atoms with Crippen LogP contribution < -0.4 is 0 Å². The number of carbonyl (C=O) groups is 1. The lowest BCUT2D eigenvalue weighted by Crippen LogP contribution is -2.23. The second kappa shape index (κ2) is 8.93. The van der Waals surface area contributed by atoms with Crippen molar-refractivity contribution in [1.82, 2.24) is 0 Å². The van der Waals surface area contributed by atoms with E-state index >= 15 is 0 Å². The molecule has 0 aliphatic heterocycles. The molecule has 5 nitrogen and oxygen atoms in total. The van der Waals surface area contributed by atoms with E-state index in [0.29, 0.717) is 19.8 Å². The maximum absolute atomic E-state index is 11.0. The second-order valence-corrected chi connectivity index (χ2v) is 2.65. The summed E-state index contributed by atoms with van der Waals surface area (Å²) in [5.74, 6) is -0.372. The summed E-state index contributed by atoms with van der Waals surface area (Å²) in [5, 5.41) is 0. The van der Waals surface area contributed by atoms with E-state index in [0.717, 1.165) is 0 Å². The van der Waals surface area contributed by atoms with Crippen LogP contribution in [0.3, 0.4) is 0 Å². The predicted octanol–water partition coefficient (Wildman–Crippen LogP) is 0.228. The van der Waals surface area contributed by atoms with Crippen molar-refractivity contribution in [3.05, 3.63) is 0 Å². The molecule has 0 radical (unpaired) electrons. The van der Waals surface area contributed by atoms with Crippen molar-refractivity contribution in [3.63, 3.8) is 0 Å². The first-order valence-electron chi connectivity index (χ1n) is 4.48. The number of rotatable bonds is 8. The van der Waals surface area contributed by atoms with Gasteiger partial charge in [-0.05, 0) is 6.92 Å². The molecule has 0 spiro atoms. The molecule has 0 aromatic heterocycles. The number of methoxy groups -OCH3 is 2. The topological polar surface area (TPSA) is 54.0 Å². The fourth-order valence-electron chi connectivity index (χ4n) is 0.659. The Bertz CT molecular complexity index is 148. The summed E-state index contributed by atoms with van der Waals surface area (Å²) in [4.78, 5) is 11.0. The summed E-state index contributed by atoms with van der Waals surface area (Å²) in [5.41, 5.74) is 0. The van der Waals surface area contributed by atoms with Crippen LogP contribution in [0, 0.1) is 0 Å². The van der Waals surface area contributed by atoms with Crippen molar-refractivity contribution < 1.29 is 23.7 Å². The van der Waals surface area contributed by atoms with Crippen LogP contribution in [0.5, 0.6) is 0 Å². The molecule has 1 unspecified atom stereocenters. The van der Waals surface area contributed by atoms with Crippen molar-refractivity contribution in [2.75, 3.05) is 40.6 Å². The molecule has 0 saturated heterocycles. The first-order valence-corrected chi connectivity index (χ1v) is 4.48. The minimum Gasteiger partial charge on any atom is -0.461 e. The zero-order valence-electron chi connectivity index (χ0n) is 8.95. The van der Waals surface area contributed by atoms with E-state index in [-0.39, 0.29) is 12.6 Å². The molecule has 84 valence electrons. The molecule has 0 aromatic rings. The fraction of sp³-hybridized carbons (Fsp3) is 0.889. The number of ether oxygens (including phenoxy) is 4. The monoisotopic (exact) mass is 206 g/mol. The van der Waals surface area contributed by atoms with Gasteiger partial charge in [0.05, 0.1) is 19.8 Å². The zero-order chi connectivity index (χ0) is 10.8. The lowest BCUT2D eigenvalue weighted by atomic mass is 10.4. The van der Waals surface area contributed by atoms with Crippen LogP contribution in [0.25, 0.3) is 0 Å². The number of carbonyl (C=O) groups excluding carboxylic acids is 1. The molecule has 0 aromatic carbocycles. The van der Waals surface area contributed by atoms with E-state index in [9.17, 15) is 4.79 Å². The van der Waals surface area contributed by atoms with Crippen LogP contribution >= 0.6 is 0 Å². The quantitative estimate of drug-likeness (QED) is 0.420. The van der Waals surface area contributed by atoms with Crippen LogP contribution in [0.1, 0.15) is 6.92 Å². The lowest BCUT2D eigenvalue weighted by molar-refractivity contribution is -0.155. The summed E-state index contributed by atoms with van der Waals surface area (Å²) < 4.78 is 19.5. The highest BCUT2D eigenvalue weighted by Crippen LogP contribution is 1.91. The molecule has 0 rings (SSSR count). The molecule has 0 saturated carbocycles. The van der Waals surface area contributed by atoms with E-state index in [2.05, 4.69) is 0 Å². The minimum atomic E-state index is -0.519. The first kappa shape index (κ1) is 13.4. The molecule has 0 fully saturated rings. The standard InChI is InChI=1S/C9H18O5/c1-8(12-3)9(10)14-7-6-13-5-4-11-2/h8H,4-7H2,1-3H3. The smallest absolute Gasteiger partial charge is 0.335 e. The van der Waals surface area contributed by atoms with Gasteiger partial charge < -0.3 is 18.9 Å². The summed E-state index contributed by atoms with van der Waals surface area (Å²) >= 11 is 0. The molecule has 14 heavy (non-hydrogen) atoms. The van der Waals surface area contributed by atoms with Crippen molar-refractivity contribution in [2.45, 2.75) is 13.0 Å². The van der Waals surface area contributed by atoms with Gasteiger partial charge >= 0.3 is 5.97 Å². The average Bonchev–Trinajstić information content (AvgIpc) is 2.21. The van der Waals surface area contributed by atoms with Gasteiger partial charge in [0.15, 0.2) is 6.10 Å². The van der Waals surface area contributed by atoms with Crippen LogP contribution in [0.4, 0.5) is 0 Å².